The number of nitrogens with zero attached hydrogens (tertiary/aromatic N) is 1. The Morgan fingerprint density at radius 1 is 1.69 bits per heavy atom. The number of furan rings is 1. The van der Waals surface area contributed by atoms with Crippen molar-refractivity contribution in [1.29, 1.82) is 0 Å². The predicted molar refractivity (Wildman–Crippen MR) is 60.9 cm³/mol. The molecule has 88 valence electrons. The first kappa shape index (κ1) is 11.0. The van der Waals surface area contributed by atoms with E-state index in [2.05, 4.69) is 12.2 Å². The minimum atomic E-state index is 0.0350. The van der Waals surface area contributed by atoms with E-state index in [1.807, 2.05) is 11.0 Å². The standard InChI is InChI=1S/C12H18N2O2/c1-10-3-2-5-14(8-10)12(15)13-7-11-4-6-16-9-11/h4,6,9-10H,2-3,5,7-8H2,1H3,(H,13,15). The fraction of sp³-hybridized carbons (Fsp3) is 0.583. The Labute approximate surface area is 95.6 Å². The van der Waals surface area contributed by atoms with E-state index in [0.29, 0.717) is 12.5 Å². The molecule has 0 radical (unpaired) electrons. The van der Waals surface area contributed by atoms with Gasteiger partial charge in [0.15, 0.2) is 0 Å². The molecule has 16 heavy (non-hydrogen) atoms. The van der Waals surface area contributed by atoms with Crippen LogP contribution < -0.4 is 5.32 Å². The van der Waals surface area contributed by atoms with E-state index >= 15 is 0 Å². The van der Waals surface area contributed by atoms with Crippen LogP contribution in [0.15, 0.2) is 23.0 Å². The Balaban J connectivity index is 1.79. The molecule has 2 amide bonds. The number of carbonyl (C=O) groups is 1. The first-order valence-electron chi connectivity index (χ1n) is 5.79. The number of likely N-dealkylation sites (tertiary alicyclic amines) is 1. The molecule has 1 aromatic rings. The van der Waals surface area contributed by atoms with E-state index in [0.717, 1.165) is 25.1 Å². The van der Waals surface area contributed by atoms with Crippen molar-refractivity contribution in [3.8, 4) is 0 Å². The lowest BCUT2D eigenvalue weighted by Crippen LogP contribution is -2.44. The summed E-state index contributed by atoms with van der Waals surface area (Å²) in [5.41, 5.74) is 0.999. The SMILES string of the molecule is CC1CCCN(C(=O)NCc2ccoc2)C1. The van der Waals surface area contributed by atoms with Crippen LogP contribution in [-0.2, 0) is 6.54 Å². The largest absolute Gasteiger partial charge is 0.472 e. The van der Waals surface area contributed by atoms with Crippen LogP contribution in [0, 0.1) is 5.92 Å². The Morgan fingerprint density at radius 2 is 2.56 bits per heavy atom. The van der Waals surface area contributed by atoms with Gasteiger partial charge in [-0.3, -0.25) is 0 Å². The minimum absolute atomic E-state index is 0.0350. The summed E-state index contributed by atoms with van der Waals surface area (Å²) in [5.74, 6) is 0.619. The van der Waals surface area contributed by atoms with Crippen molar-refractivity contribution in [3.05, 3.63) is 24.2 Å². The molecule has 1 aliphatic heterocycles. The first-order valence-corrected chi connectivity index (χ1v) is 5.79. The average molecular weight is 222 g/mol. The van der Waals surface area contributed by atoms with Crippen LogP contribution >= 0.6 is 0 Å². The summed E-state index contributed by atoms with van der Waals surface area (Å²) < 4.78 is 4.94. The lowest BCUT2D eigenvalue weighted by atomic mass is 10.0. The van der Waals surface area contributed by atoms with Crippen molar-refractivity contribution in [2.24, 2.45) is 5.92 Å². The molecule has 1 unspecified atom stereocenters. The van der Waals surface area contributed by atoms with Crippen LogP contribution in [0.4, 0.5) is 4.79 Å². The number of amides is 2. The van der Waals surface area contributed by atoms with Crippen molar-refractivity contribution in [2.45, 2.75) is 26.3 Å². The maximum absolute atomic E-state index is 11.8. The van der Waals surface area contributed by atoms with Gasteiger partial charge in [-0.25, -0.2) is 4.79 Å². The number of nitrogens with one attached hydrogen (secondary N) is 1. The zero-order chi connectivity index (χ0) is 11.4. The molecule has 0 aliphatic carbocycles. The monoisotopic (exact) mass is 222 g/mol. The summed E-state index contributed by atoms with van der Waals surface area (Å²) in [5, 5.41) is 2.90. The summed E-state index contributed by atoms with van der Waals surface area (Å²) >= 11 is 0. The summed E-state index contributed by atoms with van der Waals surface area (Å²) in [6.45, 7) is 4.48. The molecule has 1 fully saturated rings. The third-order valence-corrected chi connectivity index (χ3v) is 2.97. The average Bonchev–Trinajstić information content (AvgIpc) is 2.78. The van der Waals surface area contributed by atoms with Gasteiger partial charge in [0.2, 0.25) is 0 Å². The van der Waals surface area contributed by atoms with Crippen LogP contribution in [0.2, 0.25) is 0 Å². The molecule has 0 saturated carbocycles. The molecule has 0 aromatic carbocycles. The van der Waals surface area contributed by atoms with Crippen molar-refractivity contribution < 1.29 is 9.21 Å². The Bertz CT molecular complexity index is 335. The molecule has 1 aromatic heterocycles. The molecular weight excluding hydrogens is 204 g/mol. The molecule has 0 spiro atoms. The van der Waals surface area contributed by atoms with Crippen LogP contribution in [0.1, 0.15) is 25.3 Å². The molecule has 1 N–H and O–H groups in total. The summed E-state index contributed by atoms with van der Waals surface area (Å²) in [6.07, 6.45) is 5.61. The topological polar surface area (TPSA) is 45.5 Å². The van der Waals surface area contributed by atoms with Gasteiger partial charge >= 0.3 is 6.03 Å². The van der Waals surface area contributed by atoms with Gasteiger partial charge in [-0.2, -0.15) is 0 Å². The van der Waals surface area contributed by atoms with Gasteiger partial charge in [-0.1, -0.05) is 6.92 Å². The van der Waals surface area contributed by atoms with Crippen LogP contribution in [0.25, 0.3) is 0 Å². The van der Waals surface area contributed by atoms with Crippen LogP contribution in [-0.4, -0.2) is 24.0 Å². The van der Waals surface area contributed by atoms with Crippen molar-refractivity contribution in [1.82, 2.24) is 10.2 Å². The fourth-order valence-corrected chi connectivity index (χ4v) is 2.06. The molecule has 2 rings (SSSR count). The maximum Gasteiger partial charge on any atom is 0.317 e. The Kier molecular flexibility index (Phi) is 3.49. The summed E-state index contributed by atoms with van der Waals surface area (Å²) in [4.78, 5) is 13.7. The number of hydrogen-bond acceptors (Lipinski definition) is 2. The molecule has 1 saturated heterocycles. The zero-order valence-electron chi connectivity index (χ0n) is 9.61. The van der Waals surface area contributed by atoms with E-state index in [-0.39, 0.29) is 6.03 Å². The van der Waals surface area contributed by atoms with E-state index in [1.54, 1.807) is 12.5 Å². The van der Waals surface area contributed by atoms with E-state index < -0.39 is 0 Å². The first-order chi connectivity index (χ1) is 7.75. The second kappa shape index (κ2) is 5.05. The number of carbonyl (C=O) groups excluding carboxylic acids is 1. The lowest BCUT2D eigenvalue weighted by molar-refractivity contribution is 0.169. The van der Waals surface area contributed by atoms with Crippen molar-refractivity contribution in [2.75, 3.05) is 13.1 Å². The second-order valence-electron chi connectivity index (χ2n) is 4.48. The van der Waals surface area contributed by atoms with Gasteiger partial charge in [-0.05, 0) is 24.8 Å². The van der Waals surface area contributed by atoms with Crippen molar-refractivity contribution >= 4 is 6.03 Å². The molecule has 0 bridgehead atoms. The van der Waals surface area contributed by atoms with Gasteiger partial charge in [0, 0.05) is 25.2 Å². The third-order valence-electron chi connectivity index (χ3n) is 2.97. The van der Waals surface area contributed by atoms with Gasteiger partial charge in [0.05, 0.1) is 12.5 Å². The van der Waals surface area contributed by atoms with E-state index in [9.17, 15) is 4.79 Å². The zero-order valence-corrected chi connectivity index (χ0v) is 9.61. The lowest BCUT2D eigenvalue weighted by Gasteiger charge is -2.30. The van der Waals surface area contributed by atoms with Gasteiger partial charge in [0.1, 0.15) is 0 Å². The summed E-state index contributed by atoms with van der Waals surface area (Å²) in [7, 11) is 0. The third kappa shape index (κ3) is 2.78. The maximum atomic E-state index is 11.8. The number of rotatable bonds is 2. The van der Waals surface area contributed by atoms with Gasteiger partial charge in [0.25, 0.3) is 0 Å². The highest BCUT2D eigenvalue weighted by atomic mass is 16.3. The Hall–Kier alpha value is -1.45. The number of hydrogen-bond donors (Lipinski definition) is 1. The molecule has 1 aliphatic rings. The van der Waals surface area contributed by atoms with E-state index in [4.69, 9.17) is 4.42 Å². The molecule has 4 nitrogen and oxygen atoms in total. The number of urea groups is 1. The molecule has 2 heterocycles. The van der Waals surface area contributed by atoms with E-state index in [1.165, 1.54) is 6.42 Å². The van der Waals surface area contributed by atoms with Crippen molar-refractivity contribution in [3.63, 3.8) is 0 Å². The van der Waals surface area contributed by atoms with Gasteiger partial charge in [-0.15, -0.1) is 0 Å². The van der Waals surface area contributed by atoms with Gasteiger partial charge < -0.3 is 14.6 Å². The smallest absolute Gasteiger partial charge is 0.317 e. The van der Waals surface area contributed by atoms with Crippen LogP contribution in [0.5, 0.6) is 0 Å². The fourth-order valence-electron chi connectivity index (χ4n) is 2.06. The quantitative estimate of drug-likeness (QED) is 0.834. The molecule has 4 heteroatoms. The molecular formula is C12H18N2O2. The molecule has 1 atom stereocenters. The highest BCUT2D eigenvalue weighted by Gasteiger charge is 2.20. The number of piperidine rings is 1. The predicted octanol–water partition coefficient (Wildman–Crippen LogP) is 2.22. The normalized spacial score (nSPS) is 20.8. The minimum Gasteiger partial charge on any atom is -0.472 e. The highest BCUT2D eigenvalue weighted by molar-refractivity contribution is 5.74. The van der Waals surface area contributed by atoms with Crippen LogP contribution in [0.3, 0.4) is 0 Å². The summed E-state index contributed by atoms with van der Waals surface area (Å²) in [6, 6.07) is 1.90. The Morgan fingerprint density at radius 3 is 3.25 bits per heavy atom. The second-order valence-corrected chi connectivity index (χ2v) is 4.48. The highest BCUT2D eigenvalue weighted by Crippen LogP contribution is 2.15.